The van der Waals surface area contributed by atoms with E-state index in [1.54, 1.807) is 11.3 Å². The molecule has 0 unspecified atom stereocenters. The van der Waals surface area contributed by atoms with Crippen molar-refractivity contribution in [1.29, 1.82) is 0 Å². The molecule has 0 amide bonds. The fourth-order valence-corrected chi connectivity index (χ4v) is 3.15. The molecule has 0 aliphatic heterocycles. The number of nitrogens with one attached hydrogen (secondary N) is 1. The van der Waals surface area contributed by atoms with Gasteiger partial charge in [-0.15, -0.1) is 0 Å². The van der Waals surface area contributed by atoms with Gasteiger partial charge in [-0.3, -0.25) is 0 Å². The van der Waals surface area contributed by atoms with Gasteiger partial charge in [0.2, 0.25) is 5.95 Å². The Morgan fingerprint density at radius 2 is 2.25 bits per heavy atom. The van der Waals surface area contributed by atoms with Crippen molar-refractivity contribution in [2.24, 2.45) is 0 Å². The highest BCUT2D eigenvalue weighted by molar-refractivity contribution is 7.07. The van der Waals surface area contributed by atoms with Gasteiger partial charge in [-0.05, 0) is 53.4 Å². The number of nitrogens with zero attached hydrogens (tertiary/aromatic N) is 2. The lowest BCUT2D eigenvalue weighted by Crippen LogP contribution is -2.25. The summed E-state index contributed by atoms with van der Waals surface area (Å²) in [7, 11) is 0. The number of nitrogens with two attached hydrogens (primary N) is 1. The summed E-state index contributed by atoms with van der Waals surface area (Å²) in [5.74, 6) is 0.958. The first-order valence-electron chi connectivity index (χ1n) is 6.82. The highest BCUT2D eigenvalue weighted by Gasteiger charge is 2.31. The van der Waals surface area contributed by atoms with Crippen LogP contribution in [0.2, 0.25) is 0 Å². The number of aromatic amines is 1. The van der Waals surface area contributed by atoms with Crippen LogP contribution < -0.4 is 10.6 Å². The minimum absolute atomic E-state index is 0.618. The largest absolute Gasteiger partial charge is 0.399 e. The van der Waals surface area contributed by atoms with Crippen LogP contribution in [0.25, 0.3) is 11.0 Å². The minimum atomic E-state index is 0.618. The average Bonchev–Trinajstić information content (AvgIpc) is 2.99. The molecule has 2 heterocycles. The summed E-state index contributed by atoms with van der Waals surface area (Å²) in [6, 6.07) is 8.61. The monoisotopic (exact) mass is 284 g/mol. The lowest BCUT2D eigenvalue weighted by molar-refractivity contribution is 0.770. The van der Waals surface area contributed by atoms with E-state index in [-0.39, 0.29) is 0 Å². The summed E-state index contributed by atoms with van der Waals surface area (Å²) in [6.07, 6.45) is 2.51. The van der Waals surface area contributed by atoms with Gasteiger partial charge in [0.25, 0.3) is 0 Å². The lowest BCUT2D eigenvalue weighted by Gasteiger charge is -2.20. The number of thiophene rings is 1. The van der Waals surface area contributed by atoms with Gasteiger partial charge in [0.15, 0.2) is 0 Å². The van der Waals surface area contributed by atoms with Gasteiger partial charge in [-0.2, -0.15) is 11.3 Å². The zero-order valence-electron chi connectivity index (χ0n) is 11.0. The van der Waals surface area contributed by atoms with E-state index in [1.165, 1.54) is 18.4 Å². The number of hydrogen-bond donors (Lipinski definition) is 2. The van der Waals surface area contributed by atoms with Crippen molar-refractivity contribution in [3.8, 4) is 0 Å². The topological polar surface area (TPSA) is 57.9 Å². The molecule has 1 saturated carbocycles. The second-order valence-electron chi connectivity index (χ2n) is 5.33. The third-order valence-electron chi connectivity index (χ3n) is 3.69. The van der Waals surface area contributed by atoms with Crippen molar-refractivity contribution in [2.75, 3.05) is 10.6 Å². The first-order chi connectivity index (χ1) is 9.79. The molecule has 1 fully saturated rings. The normalized spacial score (nSPS) is 14.8. The van der Waals surface area contributed by atoms with E-state index in [0.29, 0.717) is 6.04 Å². The Morgan fingerprint density at radius 3 is 3.00 bits per heavy atom. The van der Waals surface area contributed by atoms with E-state index in [0.717, 1.165) is 29.2 Å². The Bertz CT molecular complexity index is 728. The molecular formula is C15H16N4S. The maximum Gasteiger partial charge on any atom is 0.204 e. The van der Waals surface area contributed by atoms with Crippen LogP contribution >= 0.6 is 11.3 Å². The van der Waals surface area contributed by atoms with Crippen molar-refractivity contribution in [1.82, 2.24) is 9.97 Å². The number of hydrogen-bond acceptors (Lipinski definition) is 4. The summed E-state index contributed by atoms with van der Waals surface area (Å²) in [4.78, 5) is 10.5. The number of aromatic nitrogens is 2. The molecular weight excluding hydrogens is 268 g/mol. The number of anilines is 2. The minimum Gasteiger partial charge on any atom is -0.399 e. The van der Waals surface area contributed by atoms with Crippen LogP contribution in [-0.4, -0.2) is 16.0 Å². The third-order valence-corrected chi connectivity index (χ3v) is 4.42. The van der Waals surface area contributed by atoms with E-state index in [1.807, 2.05) is 18.2 Å². The summed E-state index contributed by atoms with van der Waals surface area (Å²) >= 11 is 1.74. The fourth-order valence-electron chi connectivity index (χ4n) is 2.49. The second-order valence-corrected chi connectivity index (χ2v) is 6.11. The van der Waals surface area contributed by atoms with Crippen molar-refractivity contribution in [3.05, 3.63) is 40.6 Å². The van der Waals surface area contributed by atoms with Crippen LogP contribution in [0.1, 0.15) is 18.4 Å². The highest BCUT2D eigenvalue weighted by atomic mass is 32.1. The molecule has 3 N–H and O–H groups in total. The number of rotatable bonds is 4. The molecule has 0 radical (unpaired) electrons. The van der Waals surface area contributed by atoms with Crippen molar-refractivity contribution < 1.29 is 0 Å². The van der Waals surface area contributed by atoms with E-state index < -0.39 is 0 Å². The quantitative estimate of drug-likeness (QED) is 0.722. The number of imidazole rings is 1. The fraction of sp³-hybridized carbons (Fsp3) is 0.267. The number of benzene rings is 1. The van der Waals surface area contributed by atoms with Crippen LogP contribution in [0.15, 0.2) is 35.0 Å². The summed E-state index contributed by atoms with van der Waals surface area (Å²) in [5, 5.41) is 4.33. The van der Waals surface area contributed by atoms with E-state index >= 15 is 0 Å². The first kappa shape index (κ1) is 11.8. The molecule has 20 heavy (non-hydrogen) atoms. The van der Waals surface area contributed by atoms with Crippen LogP contribution in [0, 0.1) is 0 Å². The molecule has 5 heteroatoms. The zero-order valence-corrected chi connectivity index (χ0v) is 11.9. The Balaban J connectivity index is 1.70. The highest BCUT2D eigenvalue weighted by Crippen LogP contribution is 2.33. The molecule has 0 bridgehead atoms. The maximum absolute atomic E-state index is 5.83. The van der Waals surface area contributed by atoms with Crippen LogP contribution in [-0.2, 0) is 6.54 Å². The van der Waals surface area contributed by atoms with Gasteiger partial charge >= 0.3 is 0 Å². The molecule has 4 rings (SSSR count). The number of H-pyrrole nitrogens is 1. The summed E-state index contributed by atoms with van der Waals surface area (Å²) in [5.41, 5.74) is 9.93. The van der Waals surface area contributed by atoms with Gasteiger partial charge in [-0.1, -0.05) is 0 Å². The Labute approximate surface area is 121 Å². The molecule has 0 atom stereocenters. The lowest BCUT2D eigenvalue weighted by atomic mass is 10.3. The Morgan fingerprint density at radius 1 is 1.35 bits per heavy atom. The van der Waals surface area contributed by atoms with Gasteiger partial charge in [0.1, 0.15) is 0 Å². The van der Waals surface area contributed by atoms with Crippen LogP contribution in [0.5, 0.6) is 0 Å². The average molecular weight is 284 g/mol. The molecule has 102 valence electrons. The van der Waals surface area contributed by atoms with Crippen molar-refractivity contribution >= 4 is 34.0 Å². The number of nitrogen functional groups attached to an aromatic ring is 1. The van der Waals surface area contributed by atoms with Gasteiger partial charge in [0.05, 0.1) is 11.0 Å². The molecule has 0 saturated heterocycles. The molecule has 4 nitrogen and oxygen atoms in total. The predicted molar refractivity (Wildman–Crippen MR) is 84.0 cm³/mol. The second kappa shape index (κ2) is 4.52. The molecule has 1 aromatic carbocycles. The van der Waals surface area contributed by atoms with Crippen LogP contribution in [0.4, 0.5) is 11.6 Å². The SMILES string of the molecule is Nc1ccc2nc(N(Cc3ccsc3)C3CC3)[nH]c2c1. The molecule has 3 aromatic rings. The zero-order chi connectivity index (χ0) is 13.5. The Kier molecular flexibility index (Phi) is 2.67. The maximum atomic E-state index is 5.83. The summed E-state index contributed by atoms with van der Waals surface area (Å²) in [6.45, 7) is 0.920. The van der Waals surface area contributed by atoms with Gasteiger partial charge in [-0.25, -0.2) is 4.98 Å². The van der Waals surface area contributed by atoms with Gasteiger partial charge in [0, 0.05) is 18.3 Å². The summed E-state index contributed by atoms with van der Waals surface area (Å²) < 4.78 is 0. The van der Waals surface area contributed by atoms with Crippen molar-refractivity contribution in [2.45, 2.75) is 25.4 Å². The van der Waals surface area contributed by atoms with E-state index in [4.69, 9.17) is 10.7 Å². The van der Waals surface area contributed by atoms with Gasteiger partial charge < -0.3 is 15.6 Å². The third kappa shape index (κ3) is 2.14. The van der Waals surface area contributed by atoms with Crippen LogP contribution in [0.3, 0.4) is 0 Å². The first-order valence-corrected chi connectivity index (χ1v) is 7.77. The smallest absolute Gasteiger partial charge is 0.204 e. The molecule has 1 aliphatic rings. The standard InChI is InChI=1S/C15H16N4S/c16-11-1-4-13-14(7-11)18-15(17-13)19(12-2-3-12)8-10-5-6-20-9-10/h1,4-7,9,12H,2-3,8,16H2,(H,17,18). The molecule has 2 aromatic heterocycles. The van der Waals surface area contributed by atoms with Crippen molar-refractivity contribution in [3.63, 3.8) is 0 Å². The van der Waals surface area contributed by atoms with E-state index in [9.17, 15) is 0 Å². The Hall–Kier alpha value is -2.01. The predicted octanol–water partition coefficient (Wildman–Crippen LogP) is 3.38. The molecule has 1 aliphatic carbocycles. The number of fused-ring (bicyclic) bond motifs is 1. The van der Waals surface area contributed by atoms with E-state index in [2.05, 4.69) is 26.7 Å². The molecule has 0 spiro atoms.